The molecule has 15 heavy (non-hydrogen) atoms. The summed E-state index contributed by atoms with van der Waals surface area (Å²) in [6.45, 7) is 0. The molecule has 1 aromatic heterocycles. The van der Waals surface area contributed by atoms with Crippen LogP contribution in [0, 0.1) is 0 Å². The van der Waals surface area contributed by atoms with Gasteiger partial charge in [0.15, 0.2) is 5.75 Å². The Morgan fingerprint density at radius 2 is 2.13 bits per heavy atom. The highest BCUT2D eigenvalue weighted by Gasteiger charge is 2.06. The van der Waals surface area contributed by atoms with Crippen molar-refractivity contribution in [2.75, 3.05) is 0 Å². The first-order valence-corrected chi connectivity index (χ1v) is 4.33. The van der Waals surface area contributed by atoms with Gasteiger partial charge in [0.2, 0.25) is 0 Å². The lowest BCUT2D eigenvalue weighted by Crippen LogP contribution is -2.32. The number of amides is 1. The first-order chi connectivity index (χ1) is 7.31. The maximum Gasteiger partial charge on any atom is 0.426 e. The van der Waals surface area contributed by atoms with Crippen LogP contribution in [-0.4, -0.2) is 11.1 Å². The van der Waals surface area contributed by atoms with Gasteiger partial charge in [-0.2, -0.15) is 0 Å². The zero-order valence-corrected chi connectivity index (χ0v) is 7.81. The summed E-state index contributed by atoms with van der Waals surface area (Å²) in [5, 5.41) is 0.903. The molecule has 5 nitrogen and oxygen atoms in total. The predicted octanol–water partition coefficient (Wildman–Crippen LogP) is 1.20. The number of carbonyl (C=O) groups excluding carboxylic acids is 1. The highest BCUT2D eigenvalue weighted by molar-refractivity contribution is 5.86. The molecular formula is C10H9N3O2. The molecule has 0 saturated carbocycles. The van der Waals surface area contributed by atoms with Gasteiger partial charge < -0.3 is 4.74 Å². The smallest absolute Gasteiger partial charge is 0.407 e. The number of nitrogens with zero attached hydrogens (tertiary/aromatic N) is 1. The molecule has 2 rings (SSSR count). The fourth-order valence-corrected chi connectivity index (χ4v) is 1.29. The maximum atomic E-state index is 10.9. The van der Waals surface area contributed by atoms with E-state index in [-0.39, 0.29) is 0 Å². The molecule has 0 aliphatic carbocycles. The molecule has 1 aromatic carbocycles. The van der Waals surface area contributed by atoms with Crippen molar-refractivity contribution in [3.8, 4) is 5.75 Å². The SMILES string of the molecule is NNC(=O)Oc1cccc2cccnc12. The Morgan fingerprint density at radius 1 is 1.33 bits per heavy atom. The minimum Gasteiger partial charge on any atom is -0.407 e. The first-order valence-electron chi connectivity index (χ1n) is 4.33. The molecule has 2 aromatic rings. The average molecular weight is 203 g/mol. The zero-order chi connectivity index (χ0) is 10.7. The number of carbonyl (C=O) groups is 1. The average Bonchev–Trinajstić information content (AvgIpc) is 2.29. The molecule has 0 aliphatic rings. The van der Waals surface area contributed by atoms with E-state index >= 15 is 0 Å². The van der Waals surface area contributed by atoms with Crippen LogP contribution >= 0.6 is 0 Å². The van der Waals surface area contributed by atoms with Gasteiger partial charge in [0.25, 0.3) is 0 Å². The fraction of sp³-hybridized carbons (Fsp3) is 0. The van der Waals surface area contributed by atoms with Crippen molar-refractivity contribution in [2.24, 2.45) is 5.84 Å². The number of nitrogens with two attached hydrogens (primary N) is 1. The molecule has 76 valence electrons. The van der Waals surface area contributed by atoms with Crippen LogP contribution in [0.5, 0.6) is 5.75 Å². The van der Waals surface area contributed by atoms with Crippen molar-refractivity contribution in [3.05, 3.63) is 36.5 Å². The summed E-state index contributed by atoms with van der Waals surface area (Å²) in [7, 11) is 0. The van der Waals surface area contributed by atoms with E-state index in [1.54, 1.807) is 18.3 Å². The number of hydrazine groups is 1. The topological polar surface area (TPSA) is 77.2 Å². The van der Waals surface area contributed by atoms with Crippen molar-refractivity contribution < 1.29 is 9.53 Å². The fourth-order valence-electron chi connectivity index (χ4n) is 1.29. The Morgan fingerprint density at radius 3 is 2.93 bits per heavy atom. The van der Waals surface area contributed by atoms with E-state index in [1.807, 2.05) is 23.6 Å². The molecule has 0 aliphatic heterocycles. The number of aromatic nitrogens is 1. The van der Waals surface area contributed by atoms with E-state index in [1.165, 1.54) is 0 Å². The van der Waals surface area contributed by atoms with Gasteiger partial charge in [0, 0.05) is 11.6 Å². The number of fused-ring (bicyclic) bond motifs is 1. The lowest BCUT2D eigenvalue weighted by Gasteiger charge is -2.05. The molecule has 3 N–H and O–H groups in total. The Balaban J connectivity index is 2.46. The number of para-hydroxylation sites is 1. The minimum atomic E-state index is -0.715. The number of nitrogens with one attached hydrogen (secondary N) is 1. The molecule has 0 unspecified atom stereocenters. The minimum absolute atomic E-state index is 0.385. The van der Waals surface area contributed by atoms with Crippen molar-refractivity contribution >= 4 is 17.0 Å². The van der Waals surface area contributed by atoms with Crippen LogP contribution in [0.25, 0.3) is 10.9 Å². The van der Waals surface area contributed by atoms with E-state index in [0.717, 1.165) is 5.39 Å². The first kappa shape index (κ1) is 9.42. The number of hydrogen-bond acceptors (Lipinski definition) is 4. The maximum absolute atomic E-state index is 10.9. The third kappa shape index (κ3) is 1.87. The number of hydrogen-bond donors (Lipinski definition) is 2. The summed E-state index contributed by atoms with van der Waals surface area (Å²) in [5.41, 5.74) is 2.52. The summed E-state index contributed by atoms with van der Waals surface area (Å²) < 4.78 is 4.94. The number of rotatable bonds is 1. The third-order valence-electron chi connectivity index (χ3n) is 1.92. The van der Waals surface area contributed by atoms with Gasteiger partial charge in [-0.05, 0) is 12.1 Å². The Labute approximate surface area is 85.8 Å². The molecule has 0 fully saturated rings. The second-order valence-corrected chi connectivity index (χ2v) is 2.87. The Hall–Kier alpha value is -2.14. The van der Waals surface area contributed by atoms with Crippen molar-refractivity contribution in [2.45, 2.75) is 0 Å². The molecule has 0 radical (unpaired) electrons. The Bertz CT molecular complexity index is 493. The Kier molecular flexibility index (Phi) is 2.47. The standard InChI is InChI=1S/C10H9N3O2/c11-13-10(14)15-8-5-1-3-7-4-2-6-12-9(7)8/h1-6H,11H2,(H,13,14). The molecular weight excluding hydrogens is 194 g/mol. The number of benzene rings is 1. The zero-order valence-electron chi connectivity index (χ0n) is 7.81. The monoisotopic (exact) mass is 203 g/mol. The molecule has 1 amide bonds. The van der Waals surface area contributed by atoms with Gasteiger partial charge in [-0.15, -0.1) is 0 Å². The van der Waals surface area contributed by atoms with Gasteiger partial charge in [0.1, 0.15) is 5.52 Å². The largest absolute Gasteiger partial charge is 0.426 e. The molecule has 0 atom stereocenters. The summed E-state index contributed by atoms with van der Waals surface area (Å²) in [4.78, 5) is 15.1. The molecule has 0 bridgehead atoms. The third-order valence-corrected chi connectivity index (χ3v) is 1.92. The van der Waals surface area contributed by atoms with Crippen LogP contribution in [-0.2, 0) is 0 Å². The van der Waals surface area contributed by atoms with E-state index in [0.29, 0.717) is 11.3 Å². The summed E-state index contributed by atoms with van der Waals surface area (Å²) in [6, 6.07) is 9.02. The van der Waals surface area contributed by atoms with E-state index in [2.05, 4.69) is 4.98 Å². The molecule has 0 spiro atoms. The highest BCUT2D eigenvalue weighted by atomic mass is 16.6. The molecule has 0 saturated heterocycles. The van der Waals surface area contributed by atoms with Crippen LogP contribution in [0.1, 0.15) is 0 Å². The van der Waals surface area contributed by atoms with Gasteiger partial charge in [-0.1, -0.05) is 18.2 Å². The molecule has 5 heteroatoms. The second-order valence-electron chi connectivity index (χ2n) is 2.87. The lowest BCUT2D eigenvalue weighted by molar-refractivity contribution is 0.201. The van der Waals surface area contributed by atoms with Gasteiger partial charge in [-0.3, -0.25) is 10.4 Å². The summed E-state index contributed by atoms with van der Waals surface area (Å²) in [6.07, 6.45) is 0.920. The normalized spacial score (nSPS) is 9.93. The van der Waals surface area contributed by atoms with Gasteiger partial charge >= 0.3 is 6.09 Å². The summed E-state index contributed by atoms with van der Waals surface area (Å²) in [5.74, 6) is 5.30. The van der Waals surface area contributed by atoms with Crippen molar-refractivity contribution in [3.63, 3.8) is 0 Å². The van der Waals surface area contributed by atoms with Gasteiger partial charge in [-0.25, -0.2) is 10.6 Å². The molecule has 1 heterocycles. The van der Waals surface area contributed by atoms with Crippen LogP contribution < -0.4 is 16.0 Å². The lowest BCUT2D eigenvalue weighted by atomic mass is 10.2. The van der Waals surface area contributed by atoms with E-state index < -0.39 is 6.09 Å². The number of ether oxygens (including phenoxy) is 1. The van der Waals surface area contributed by atoms with Crippen LogP contribution in [0.15, 0.2) is 36.5 Å². The van der Waals surface area contributed by atoms with Gasteiger partial charge in [0.05, 0.1) is 0 Å². The van der Waals surface area contributed by atoms with Crippen LogP contribution in [0.3, 0.4) is 0 Å². The van der Waals surface area contributed by atoms with E-state index in [4.69, 9.17) is 10.6 Å². The van der Waals surface area contributed by atoms with Crippen molar-refractivity contribution in [1.29, 1.82) is 0 Å². The number of pyridine rings is 1. The van der Waals surface area contributed by atoms with Crippen LogP contribution in [0.4, 0.5) is 4.79 Å². The summed E-state index contributed by atoms with van der Waals surface area (Å²) >= 11 is 0. The highest BCUT2D eigenvalue weighted by Crippen LogP contribution is 2.22. The van der Waals surface area contributed by atoms with Crippen LogP contribution in [0.2, 0.25) is 0 Å². The van der Waals surface area contributed by atoms with Crippen molar-refractivity contribution in [1.82, 2.24) is 10.4 Å². The van der Waals surface area contributed by atoms with E-state index in [9.17, 15) is 4.79 Å². The predicted molar refractivity (Wildman–Crippen MR) is 55.1 cm³/mol. The second kappa shape index (κ2) is 3.93. The quantitative estimate of drug-likeness (QED) is 0.414.